The zero-order valence-corrected chi connectivity index (χ0v) is 25.2. The van der Waals surface area contributed by atoms with Crippen LogP contribution in [0.4, 0.5) is 8.78 Å². The van der Waals surface area contributed by atoms with Gasteiger partial charge in [0.05, 0.1) is 5.92 Å². The van der Waals surface area contributed by atoms with Crippen molar-refractivity contribution in [2.24, 2.45) is 11.3 Å². The number of likely N-dealkylation sites (tertiary alicyclic amines) is 1. The smallest absolute Gasteiger partial charge is 0.245 e. The van der Waals surface area contributed by atoms with E-state index in [2.05, 4.69) is 10.2 Å². The Bertz CT molecular complexity index is 1080. The van der Waals surface area contributed by atoms with Crippen molar-refractivity contribution in [3.63, 3.8) is 0 Å². The third-order valence-corrected chi connectivity index (χ3v) is 8.58. The summed E-state index contributed by atoms with van der Waals surface area (Å²) in [6.07, 6.45) is 5.01. The van der Waals surface area contributed by atoms with Gasteiger partial charge in [0.25, 0.3) is 0 Å². The van der Waals surface area contributed by atoms with Gasteiger partial charge in [-0.05, 0) is 43.2 Å². The third kappa shape index (κ3) is 7.52. The van der Waals surface area contributed by atoms with Crippen LogP contribution >= 0.6 is 12.4 Å². The van der Waals surface area contributed by atoms with Crippen LogP contribution < -0.4 is 5.32 Å². The molecule has 0 radical (unpaired) electrons. The molecule has 0 unspecified atom stereocenters. The first-order valence-electron chi connectivity index (χ1n) is 14.4. The number of amides is 3. The lowest BCUT2D eigenvalue weighted by Gasteiger charge is -2.42. The quantitative estimate of drug-likeness (QED) is 0.541. The van der Waals surface area contributed by atoms with Crippen molar-refractivity contribution >= 4 is 30.1 Å². The molecule has 1 saturated carbocycles. The molecule has 2 saturated heterocycles. The molecule has 7 nitrogen and oxygen atoms in total. The fourth-order valence-electron chi connectivity index (χ4n) is 6.75. The number of benzene rings is 1. The zero-order chi connectivity index (χ0) is 28.5. The van der Waals surface area contributed by atoms with E-state index in [4.69, 9.17) is 0 Å². The largest absolute Gasteiger partial charge is 0.345 e. The topological polar surface area (TPSA) is 73.0 Å². The Balaban J connectivity index is 0.00000441. The number of hydrogen-bond acceptors (Lipinski definition) is 4. The van der Waals surface area contributed by atoms with E-state index in [1.807, 2.05) is 32.6 Å². The Kier molecular flexibility index (Phi) is 10.6. The number of carbonyl (C=O) groups excluding carboxylic acids is 3. The van der Waals surface area contributed by atoms with E-state index in [0.29, 0.717) is 50.7 Å². The second-order valence-electron chi connectivity index (χ2n) is 13.0. The third-order valence-electron chi connectivity index (χ3n) is 8.58. The predicted octanol–water partition coefficient (Wildman–Crippen LogP) is 4.34. The summed E-state index contributed by atoms with van der Waals surface area (Å²) in [5.41, 5.74) is 0.252. The summed E-state index contributed by atoms with van der Waals surface area (Å²) >= 11 is 0. The Labute approximate surface area is 243 Å². The van der Waals surface area contributed by atoms with Gasteiger partial charge in [-0.2, -0.15) is 0 Å². The van der Waals surface area contributed by atoms with E-state index < -0.39 is 23.6 Å². The summed E-state index contributed by atoms with van der Waals surface area (Å²) in [6.45, 7) is 11.7. The normalized spacial score (nSPS) is 25.0. The van der Waals surface area contributed by atoms with Gasteiger partial charge in [0.2, 0.25) is 17.7 Å². The molecular formula is C30H45ClF2N4O3. The fraction of sp³-hybridized carbons (Fsp3) is 0.700. The van der Waals surface area contributed by atoms with Gasteiger partial charge in [-0.15, -0.1) is 12.4 Å². The standard InChI is InChI=1S/C30H44F2N4O3.ClH/c1-19-16-34(29(39)27(33-20(2)37)15-30(3,4)5)12-13-36(19)28(38)25-18-35(22-8-6-7-9-22)17-24(25)23-11-10-21(31)14-26(23)32;/h10-11,14,19,22,24-25,27H,6-9,12-13,15-18H2,1-5H3,(H,33,37);1H/t19-,24-,25+,27-;/m0./s1. The minimum atomic E-state index is -0.622. The maximum Gasteiger partial charge on any atom is 0.245 e. The maximum absolute atomic E-state index is 14.9. The predicted molar refractivity (Wildman–Crippen MR) is 153 cm³/mol. The molecule has 1 N–H and O–H groups in total. The van der Waals surface area contributed by atoms with Gasteiger partial charge in [0.1, 0.15) is 17.7 Å². The Hall–Kier alpha value is -2.26. The second kappa shape index (κ2) is 13.1. The van der Waals surface area contributed by atoms with Crippen LogP contribution in [0.15, 0.2) is 18.2 Å². The van der Waals surface area contributed by atoms with Crippen LogP contribution in [0.5, 0.6) is 0 Å². The summed E-state index contributed by atoms with van der Waals surface area (Å²) in [6, 6.07) is 3.24. The van der Waals surface area contributed by atoms with Gasteiger partial charge in [0, 0.05) is 63.7 Å². The summed E-state index contributed by atoms with van der Waals surface area (Å²) in [5, 5.41) is 2.81. The molecule has 0 spiro atoms. The van der Waals surface area contributed by atoms with Crippen molar-refractivity contribution in [2.45, 2.75) is 90.8 Å². The Morgan fingerprint density at radius 3 is 2.30 bits per heavy atom. The summed E-state index contributed by atoms with van der Waals surface area (Å²) in [4.78, 5) is 45.1. The van der Waals surface area contributed by atoms with E-state index in [0.717, 1.165) is 31.7 Å². The lowest BCUT2D eigenvalue weighted by Crippen LogP contribution is -2.60. The maximum atomic E-state index is 14.9. The molecule has 1 aromatic rings. The van der Waals surface area contributed by atoms with Crippen molar-refractivity contribution in [2.75, 3.05) is 32.7 Å². The van der Waals surface area contributed by atoms with Crippen LogP contribution in [0, 0.1) is 23.0 Å². The average Bonchev–Trinajstić information content (AvgIpc) is 3.52. The molecule has 40 heavy (non-hydrogen) atoms. The number of piperazine rings is 1. The van der Waals surface area contributed by atoms with Crippen LogP contribution in [-0.4, -0.2) is 83.3 Å². The molecule has 3 aliphatic rings. The Morgan fingerprint density at radius 1 is 1.05 bits per heavy atom. The lowest BCUT2D eigenvalue weighted by molar-refractivity contribution is -0.147. The van der Waals surface area contributed by atoms with Crippen LogP contribution in [0.3, 0.4) is 0 Å². The molecule has 10 heteroatoms. The number of halogens is 3. The number of hydrogen-bond donors (Lipinski definition) is 1. The first-order valence-corrected chi connectivity index (χ1v) is 14.4. The van der Waals surface area contributed by atoms with Gasteiger partial charge in [-0.3, -0.25) is 19.3 Å². The monoisotopic (exact) mass is 582 g/mol. The highest BCUT2D eigenvalue weighted by molar-refractivity contribution is 5.87. The first kappa shape index (κ1) is 32.3. The highest BCUT2D eigenvalue weighted by Gasteiger charge is 2.45. The summed E-state index contributed by atoms with van der Waals surface area (Å²) < 4.78 is 28.6. The van der Waals surface area contributed by atoms with E-state index >= 15 is 0 Å². The molecule has 1 aliphatic carbocycles. The number of carbonyl (C=O) groups is 3. The molecule has 4 rings (SSSR count). The van der Waals surface area contributed by atoms with Gasteiger partial charge in [0.15, 0.2) is 0 Å². The fourth-order valence-corrected chi connectivity index (χ4v) is 6.75. The van der Waals surface area contributed by atoms with E-state index in [9.17, 15) is 23.2 Å². The molecule has 2 aliphatic heterocycles. The van der Waals surface area contributed by atoms with Gasteiger partial charge in [-0.1, -0.05) is 39.7 Å². The van der Waals surface area contributed by atoms with Crippen molar-refractivity contribution < 1.29 is 23.2 Å². The average molecular weight is 583 g/mol. The van der Waals surface area contributed by atoms with E-state index in [1.165, 1.54) is 19.1 Å². The minimum Gasteiger partial charge on any atom is -0.345 e. The van der Waals surface area contributed by atoms with Crippen LogP contribution in [0.2, 0.25) is 0 Å². The second-order valence-corrected chi connectivity index (χ2v) is 13.0. The highest BCUT2D eigenvalue weighted by Crippen LogP contribution is 2.39. The zero-order valence-electron chi connectivity index (χ0n) is 24.4. The molecule has 3 amide bonds. The van der Waals surface area contributed by atoms with Crippen LogP contribution in [-0.2, 0) is 14.4 Å². The molecule has 3 fully saturated rings. The van der Waals surface area contributed by atoms with Gasteiger partial charge < -0.3 is 15.1 Å². The van der Waals surface area contributed by atoms with Crippen molar-refractivity contribution in [1.82, 2.24) is 20.0 Å². The van der Waals surface area contributed by atoms with Crippen molar-refractivity contribution in [1.29, 1.82) is 0 Å². The molecular weight excluding hydrogens is 538 g/mol. The van der Waals surface area contributed by atoms with E-state index in [1.54, 1.807) is 4.90 Å². The van der Waals surface area contributed by atoms with Crippen molar-refractivity contribution in [3.05, 3.63) is 35.4 Å². The molecule has 0 bridgehead atoms. The number of nitrogens with zero attached hydrogens (tertiary/aromatic N) is 3. The highest BCUT2D eigenvalue weighted by atomic mass is 35.5. The molecule has 0 aromatic heterocycles. The summed E-state index contributed by atoms with van der Waals surface area (Å²) in [7, 11) is 0. The molecule has 2 heterocycles. The number of rotatable bonds is 6. The minimum absolute atomic E-state index is 0. The van der Waals surface area contributed by atoms with Crippen LogP contribution in [0.1, 0.15) is 78.2 Å². The number of nitrogens with one attached hydrogen (secondary N) is 1. The summed E-state index contributed by atoms with van der Waals surface area (Å²) in [5.74, 6) is -2.40. The lowest BCUT2D eigenvalue weighted by atomic mass is 9.86. The van der Waals surface area contributed by atoms with E-state index in [-0.39, 0.29) is 47.5 Å². The Morgan fingerprint density at radius 2 is 1.73 bits per heavy atom. The molecule has 4 atom stereocenters. The van der Waals surface area contributed by atoms with Gasteiger partial charge in [-0.25, -0.2) is 8.78 Å². The van der Waals surface area contributed by atoms with Crippen LogP contribution in [0.25, 0.3) is 0 Å². The van der Waals surface area contributed by atoms with Crippen molar-refractivity contribution in [3.8, 4) is 0 Å². The SMILES string of the molecule is CC(=O)N[C@@H](CC(C)(C)C)C(=O)N1CCN(C(=O)[C@@H]2CN(C3CCCC3)C[C@H]2c2ccc(F)cc2F)[C@@H](C)C1.Cl. The van der Waals surface area contributed by atoms with Gasteiger partial charge >= 0.3 is 0 Å². The molecule has 224 valence electrons. The first-order chi connectivity index (χ1) is 18.3. The molecule has 1 aromatic carbocycles.